The average Bonchev–Trinajstić information content (AvgIpc) is 3.05. The third-order valence-corrected chi connectivity index (χ3v) is 4.72. The van der Waals surface area contributed by atoms with Gasteiger partial charge in [0.15, 0.2) is 11.6 Å². The Kier molecular flexibility index (Phi) is 4.08. The molecule has 0 amide bonds. The fourth-order valence-corrected chi connectivity index (χ4v) is 3.11. The molecule has 5 nitrogen and oxygen atoms in total. The quantitative estimate of drug-likeness (QED) is 0.674. The van der Waals surface area contributed by atoms with Gasteiger partial charge in [0.25, 0.3) is 0 Å². The number of nitrogens with one attached hydrogen (secondary N) is 1. The Morgan fingerprint density at radius 1 is 1.19 bits per heavy atom. The fraction of sp³-hybridized carbons (Fsp3) is 0.238. The van der Waals surface area contributed by atoms with E-state index < -0.39 is 5.95 Å². The number of pyridine rings is 2. The van der Waals surface area contributed by atoms with Crippen molar-refractivity contribution < 1.29 is 9.18 Å². The first kappa shape index (κ1) is 17.1. The largest absolute Gasteiger partial charge is 0.308 e. The van der Waals surface area contributed by atoms with Gasteiger partial charge in [-0.3, -0.25) is 9.78 Å². The lowest BCUT2D eigenvalue weighted by atomic mass is 9.75. The first-order valence-corrected chi connectivity index (χ1v) is 8.67. The fourth-order valence-electron chi connectivity index (χ4n) is 3.11. The molecule has 3 aromatic rings. The number of rotatable bonds is 1. The normalized spacial score (nSPS) is 15.0. The second kappa shape index (κ2) is 6.44. The molecule has 0 saturated heterocycles. The summed E-state index contributed by atoms with van der Waals surface area (Å²) in [7, 11) is 0. The summed E-state index contributed by atoms with van der Waals surface area (Å²) in [5.74, 6) is 5.46. The van der Waals surface area contributed by atoms with Crippen molar-refractivity contribution in [3.63, 3.8) is 0 Å². The second-order valence-corrected chi connectivity index (χ2v) is 7.14. The van der Waals surface area contributed by atoms with E-state index in [0.717, 1.165) is 18.5 Å². The molecular weight excluding hydrogens is 343 g/mol. The van der Waals surface area contributed by atoms with Gasteiger partial charge in [0, 0.05) is 28.9 Å². The highest BCUT2D eigenvalue weighted by Gasteiger charge is 2.34. The summed E-state index contributed by atoms with van der Waals surface area (Å²) in [5, 5.41) is 0. The van der Waals surface area contributed by atoms with E-state index in [-0.39, 0.29) is 22.7 Å². The molecule has 3 aromatic heterocycles. The zero-order chi connectivity index (χ0) is 19.0. The van der Waals surface area contributed by atoms with Gasteiger partial charge in [-0.15, -0.1) is 0 Å². The van der Waals surface area contributed by atoms with Gasteiger partial charge in [-0.1, -0.05) is 13.8 Å². The van der Waals surface area contributed by atoms with E-state index >= 15 is 0 Å². The molecule has 6 heteroatoms. The van der Waals surface area contributed by atoms with Crippen molar-refractivity contribution in [2.24, 2.45) is 5.41 Å². The summed E-state index contributed by atoms with van der Waals surface area (Å²) in [6.45, 7) is 3.91. The number of hydrogen-bond acceptors (Lipinski definition) is 4. The minimum atomic E-state index is -0.557. The van der Waals surface area contributed by atoms with Crippen molar-refractivity contribution in [1.82, 2.24) is 19.9 Å². The van der Waals surface area contributed by atoms with Crippen molar-refractivity contribution in [2.45, 2.75) is 26.7 Å². The van der Waals surface area contributed by atoms with Crippen LogP contribution >= 0.6 is 0 Å². The van der Waals surface area contributed by atoms with Crippen molar-refractivity contribution in [1.29, 1.82) is 0 Å². The number of imidazole rings is 1. The van der Waals surface area contributed by atoms with E-state index in [1.54, 1.807) is 36.7 Å². The molecule has 0 fully saturated rings. The highest BCUT2D eigenvalue weighted by Crippen LogP contribution is 2.33. The summed E-state index contributed by atoms with van der Waals surface area (Å²) in [5.41, 5.74) is 2.37. The van der Waals surface area contributed by atoms with Gasteiger partial charge in [-0.25, -0.2) is 9.97 Å². The van der Waals surface area contributed by atoms with E-state index in [1.165, 1.54) is 0 Å². The number of carbonyl (C=O) groups excluding carboxylic acids is 1. The van der Waals surface area contributed by atoms with Crippen molar-refractivity contribution >= 4 is 5.78 Å². The Morgan fingerprint density at radius 2 is 2.04 bits per heavy atom. The number of carbonyl (C=O) groups is 1. The smallest absolute Gasteiger partial charge is 0.219 e. The molecule has 4 rings (SSSR count). The lowest BCUT2D eigenvalue weighted by molar-refractivity contribution is 0.0809. The number of nitrogens with zero attached hydrogens (tertiary/aromatic N) is 3. The maximum Gasteiger partial charge on any atom is 0.219 e. The van der Waals surface area contributed by atoms with Crippen LogP contribution in [0, 0.1) is 23.2 Å². The maximum absolute atomic E-state index is 14.1. The lowest BCUT2D eigenvalue weighted by Gasteiger charge is -2.28. The standard InChI is InChI=1S/C21H17FN4O/c1-21(2)10-9-16-15(19(21)27)7-5-14(24-16)6-8-17-25-18(20(22)26-17)13-4-3-11-23-12-13/h3-5,7,11-12H,9-10H2,1-2H3,(H,25,26). The van der Waals surface area contributed by atoms with E-state index in [9.17, 15) is 9.18 Å². The molecule has 27 heavy (non-hydrogen) atoms. The first-order valence-electron chi connectivity index (χ1n) is 8.67. The van der Waals surface area contributed by atoms with Gasteiger partial charge < -0.3 is 4.98 Å². The molecule has 0 aliphatic heterocycles. The molecule has 134 valence electrons. The molecule has 0 spiro atoms. The number of halogens is 1. The predicted octanol–water partition coefficient (Wildman–Crippen LogP) is 3.56. The van der Waals surface area contributed by atoms with Crippen molar-refractivity contribution in [3.8, 4) is 23.1 Å². The number of fused-ring (bicyclic) bond motifs is 1. The van der Waals surface area contributed by atoms with Crippen LogP contribution in [0.5, 0.6) is 0 Å². The SMILES string of the molecule is CC1(C)CCc2nc(C#Cc3nc(-c4cccnc4)c(F)[nH]3)ccc2C1=O. The predicted molar refractivity (Wildman–Crippen MR) is 98.4 cm³/mol. The van der Waals surface area contributed by atoms with Gasteiger partial charge in [0.2, 0.25) is 5.95 Å². The molecule has 1 aliphatic rings. The molecule has 1 N–H and O–H groups in total. The van der Waals surface area contributed by atoms with Crippen LogP contribution in [-0.4, -0.2) is 25.7 Å². The number of aryl methyl sites for hydroxylation is 1. The van der Waals surface area contributed by atoms with Crippen LogP contribution in [0.15, 0.2) is 36.7 Å². The van der Waals surface area contributed by atoms with Gasteiger partial charge in [-0.05, 0) is 48.9 Å². The van der Waals surface area contributed by atoms with Crippen LogP contribution in [-0.2, 0) is 6.42 Å². The summed E-state index contributed by atoms with van der Waals surface area (Å²) < 4.78 is 14.1. The first-order chi connectivity index (χ1) is 12.9. The van der Waals surface area contributed by atoms with Gasteiger partial charge in [0.1, 0.15) is 11.4 Å². The zero-order valence-electron chi connectivity index (χ0n) is 15.0. The molecule has 0 saturated carbocycles. The zero-order valence-corrected chi connectivity index (χ0v) is 15.0. The van der Waals surface area contributed by atoms with Gasteiger partial charge in [-0.2, -0.15) is 4.39 Å². The number of ketones is 1. The third kappa shape index (κ3) is 3.24. The summed E-state index contributed by atoms with van der Waals surface area (Å²) in [4.78, 5) is 27.6. The summed E-state index contributed by atoms with van der Waals surface area (Å²) >= 11 is 0. The highest BCUT2D eigenvalue weighted by atomic mass is 19.1. The number of aromatic amines is 1. The molecule has 1 aliphatic carbocycles. The Morgan fingerprint density at radius 3 is 2.81 bits per heavy atom. The van der Waals surface area contributed by atoms with E-state index in [1.807, 2.05) is 13.8 Å². The molecule has 0 atom stereocenters. The molecule has 3 heterocycles. The average molecular weight is 360 g/mol. The number of H-pyrrole nitrogens is 1. The molecular formula is C21H17FN4O. The number of Topliss-reactive ketones (excluding diaryl/α,β-unsaturated/α-hetero) is 1. The van der Waals surface area contributed by atoms with Crippen LogP contribution in [0.4, 0.5) is 4.39 Å². The Bertz CT molecular complexity index is 1090. The maximum atomic E-state index is 14.1. The molecule has 0 radical (unpaired) electrons. The van der Waals surface area contributed by atoms with Crippen LogP contribution in [0.25, 0.3) is 11.3 Å². The van der Waals surface area contributed by atoms with Gasteiger partial charge >= 0.3 is 0 Å². The third-order valence-electron chi connectivity index (χ3n) is 4.72. The Hall–Kier alpha value is -3.33. The van der Waals surface area contributed by atoms with Crippen LogP contribution < -0.4 is 0 Å². The minimum absolute atomic E-state index is 0.116. The van der Waals surface area contributed by atoms with E-state index in [0.29, 0.717) is 16.8 Å². The van der Waals surface area contributed by atoms with Gasteiger partial charge in [0.05, 0.1) is 5.69 Å². The molecule has 0 unspecified atom stereocenters. The number of hydrogen-bond donors (Lipinski definition) is 1. The van der Waals surface area contributed by atoms with E-state index in [2.05, 4.69) is 31.8 Å². The van der Waals surface area contributed by atoms with Crippen molar-refractivity contribution in [3.05, 3.63) is 65.4 Å². The topological polar surface area (TPSA) is 71.5 Å². The van der Waals surface area contributed by atoms with Crippen LogP contribution in [0.2, 0.25) is 0 Å². The summed E-state index contributed by atoms with van der Waals surface area (Å²) in [6.07, 6.45) is 4.66. The second-order valence-electron chi connectivity index (χ2n) is 7.14. The van der Waals surface area contributed by atoms with E-state index in [4.69, 9.17) is 0 Å². The Labute approximate surface area is 156 Å². The molecule has 0 aromatic carbocycles. The lowest BCUT2D eigenvalue weighted by Crippen LogP contribution is -2.31. The monoisotopic (exact) mass is 360 g/mol. The molecule has 0 bridgehead atoms. The summed E-state index contributed by atoms with van der Waals surface area (Å²) in [6, 6.07) is 6.94. The Balaban J connectivity index is 1.62. The number of aromatic nitrogens is 4. The highest BCUT2D eigenvalue weighted by molar-refractivity contribution is 6.01. The van der Waals surface area contributed by atoms with Crippen LogP contribution in [0.1, 0.15) is 47.8 Å². The van der Waals surface area contributed by atoms with Crippen molar-refractivity contribution in [2.75, 3.05) is 0 Å². The minimum Gasteiger partial charge on any atom is -0.308 e. The van der Waals surface area contributed by atoms with Crippen LogP contribution in [0.3, 0.4) is 0 Å².